The first-order chi connectivity index (χ1) is 8.86. The number of aryl methyl sites for hydroxylation is 2. The maximum atomic E-state index is 4.20. The van der Waals surface area contributed by atoms with Crippen LogP contribution in [0, 0.1) is 13.8 Å². The van der Waals surface area contributed by atoms with Gasteiger partial charge in [0.1, 0.15) is 5.69 Å². The molecule has 4 heteroatoms. The first kappa shape index (κ1) is 13.6. The van der Waals surface area contributed by atoms with Crippen LogP contribution in [-0.2, 0) is 12.1 Å². The molecule has 4 nitrogen and oxygen atoms in total. The molecular weight excluding hydrogens is 236 g/mol. The van der Waals surface area contributed by atoms with Crippen molar-refractivity contribution >= 4 is 5.69 Å². The van der Waals surface area contributed by atoms with Gasteiger partial charge in [0.2, 0.25) is 0 Å². The molecule has 1 heterocycles. The summed E-state index contributed by atoms with van der Waals surface area (Å²) >= 11 is 0. The van der Waals surface area contributed by atoms with Crippen molar-refractivity contribution in [3.63, 3.8) is 0 Å². The monoisotopic (exact) mass is 258 g/mol. The Hall–Kier alpha value is -1.84. The van der Waals surface area contributed by atoms with Crippen LogP contribution in [0.25, 0.3) is 0 Å². The van der Waals surface area contributed by atoms with Gasteiger partial charge in [-0.15, -0.1) is 5.10 Å². The average molecular weight is 258 g/mol. The van der Waals surface area contributed by atoms with Gasteiger partial charge < -0.3 is 5.32 Å². The van der Waals surface area contributed by atoms with E-state index >= 15 is 0 Å². The number of anilines is 1. The van der Waals surface area contributed by atoms with Crippen molar-refractivity contribution in [3.8, 4) is 0 Å². The highest BCUT2D eigenvalue weighted by Gasteiger charge is 2.14. The molecule has 0 atom stereocenters. The summed E-state index contributed by atoms with van der Waals surface area (Å²) in [6.07, 6.45) is 2.00. The fourth-order valence-corrected chi connectivity index (χ4v) is 1.90. The lowest BCUT2D eigenvalue weighted by Crippen LogP contribution is -2.22. The quantitative estimate of drug-likeness (QED) is 0.919. The number of nitrogens with zero attached hydrogens (tertiary/aromatic N) is 3. The Morgan fingerprint density at radius 1 is 1.21 bits per heavy atom. The summed E-state index contributed by atoms with van der Waals surface area (Å²) in [5.74, 6) is 0. The van der Waals surface area contributed by atoms with Crippen LogP contribution in [-0.4, -0.2) is 15.0 Å². The second-order valence-electron chi connectivity index (χ2n) is 6.00. The lowest BCUT2D eigenvalue weighted by atomic mass is 10.1. The van der Waals surface area contributed by atoms with E-state index in [9.17, 15) is 0 Å². The van der Waals surface area contributed by atoms with Crippen molar-refractivity contribution < 1.29 is 0 Å². The Morgan fingerprint density at radius 3 is 2.53 bits per heavy atom. The van der Waals surface area contributed by atoms with Gasteiger partial charge in [-0.05, 0) is 46.2 Å². The summed E-state index contributed by atoms with van der Waals surface area (Å²) in [6, 6.07) is 6.40. The third kappa shape index (κ3) is 3.34. The lowest BCUT2D eigenvalue weighted by molar-refractivity contribution is 0.347. The summed E-state index contributed by atoms with van der Waals surface area (Å²) < 4.78 is 1.89. The minimum atomic E-state index is -0.0228. The van der Waals surface area contributed by atoms with Gasteiger partial charge in [-0.25, -0.2) is 4.68 Å². The Morgan fingerprint density at radius 2 is 1.95 bits per heavy atom. The molecule has 0 aliphatic carbocycles. The first-order valence-electron chi connectivity index (χ1n) is 6.59. The van der Waals surface area contributed by atoms with Crippen LogP contribution in [0.5, 0.6) is 0 Å². The van der Waals surface area contributed by atoms with Gasteiger partial charge >= 0.3 is 0 Å². The number of hydrogen-bond acceptors (Lipinski definition) is 3. The van der Waals surface area contributed by atoms with Crippen LogP contribution in [0.2, 0.25) is 0 Å². The van der Waals surface area contributed by atoms with E-state index in [1.807, 2.05) is 10.9 Å². The second-order valence-corrected chi connectivity index (χ2v) is 6.00. The summed E-state index contributed by atoms with van der Waals surface area (Å²) in [6.45, 7) is 11.3. The largest absolute Gasteiger partial charge is 0.379 e. The van der Waals surface area contributed by atoms with E-state index < -0.39 is 0 Å². The molecule has 0 spiro atoms. The van der Waals surface area contributed by atoms with Crippen molar-refractivity contribution in [1.82, 2.24) is 15.0 Å². The molecule has 19 heavy (non-hydrogen) atoms. The molecule has 0 saturated carbocycles. The molecule has 2 aromatic rings. The number of hydrogen-bond donors (Lipinski definition) is 1. The Balaban J connectivity index is 2.04. The third-order valence-corrected chi connectivity index (χ3v) is 3.07. The van der Waals surface area contributed by atoms with Crippen LogP contribution in [0.15, 0.2) is 24.4 Å². The summed E-state index contributed by atoms with van der Waals surface area (Å²) in [5.41, 5.74) is 4.61. The van der Waals surface area contributed by atoms with Gasteiger partial charge in [-0.3, -0.25) is 0 Å². The molecule has 0 aliphatic rings. The molecule has 2 rings (SSSR count). The van der Waals surface area contributed by atoms with E-state index in [4.69, 9.17) is 0 Å². The predicted molar refractivity (Wildman–Crippen MR) is 78.3 cm³/mol. The molecule has 102 valence electrons. The number of rotatable bonds is 3. The standard InChI is InChI=1S/C15H22N4/c1-11-6-7-14(12(2)8-11)16-9-13-10-19(18-17-13)15(3,4)5/h6-8,10,16H,9H2,1-5H3. The Labute approximate surface area is 114 Å². The minimum absolute atomic E-state index is 0.0228. The zero-order chi connectivity index (χ0) is 14.0. The molecule has 0 aliphatic heterocycles. The molecule has 0 bridgehead atoms. The molecule has 1 N–H and O–H groups in total. The van der Waals surface area contributed by atoms with E-state index in [-0.39, 0.29) is 5.54 Å². The van der Waals surface area contributed by atoms with Gasteiger partial charge in [-0.1, -0.05) is 22.9 Å². The maximum Gasteiger partial charge on any atom is 0.102 e. The normalized spacial score (nSPS) is 11.6. The van der Waals surface area contributed by atoms with E-state index in [1.54, 1.807) is 0 Å². The van der Waals surface area contributed by atoms with Gasteiger partial charge in [0.25, 0.3) is 0 Å². The van der Waals surface area contributed by atoms with Gasteiger partial charge in [0, 0.05) is 5.69 Å². The van der Waals surface area contributed by atoms with Crippen molar-refractivity contribution in [2.45, 2.75) is 46.7 Å². The van der Waals surface area contributed by atoms with Gasteiger partial charge in [0.05, 0.1) is 18.3 Å². The van der Waals surface area contributed by atoms with E-state index in [0.29, 0.717) is 6.54 Å². The van der Waals surface area contributed by atoms with Crippen molar-refractivity contribution in [2.24, 2.45) is 0 Å². The highest BCUT2D eigenvalue weighted by atomic mass is 15.4. The van der Waals surface area contributed by atoms with E-state index in [2.05, 4.69) is 68.4 Å². The average Bonchev–Trinajstić information content (AvgIpc) is 2.76. The fraction of sp³-hybridized carbons (Fsp3) is 0.467. The number of aromatic nitrogens is 3. The summed E-state index contributed by atoms with van der Waals surface area (Å²) in [4.78, 5) is 0. The zero-order valence-corrected chi connectivity index (χ0v) is 12.4. The molecule has 0 saturated heterocycles. The van der Waals surface area contributed by atoms with Crippen LogP contribution in [0.1, 0.15) is 37.6 Å². The minimum Gasteiger partial charge on any atom is -0.379 e. The Kier molecular flexibility index (Phi) is 3.60. The van der Waals surface area contributed by atoms with Crippen molar-refractivity contribution in [1.29, 1.82) is 0 Å². The molecule has 1 aromatic heterocycles. The van der Waals surface area contributed by atoms with Crippen LogP contribution >= 0.6 is 0 Å². The second kappa shape index (κ2) is 5.03. The third-order valence-electron chi connectivity index (χ3n) is 3.07. The SMILES string of the molecule is Cc1ccc(NCc2cn(C(C)(C)C)nn2)c(C)c1. The van der Waals surface area contributed by atoms with E-state index in [1.165, 1.54) is 11.1 Å². The number of nitrogens with one attached hydrogen (secondary N) is 1. The Bertz CT molecular complexity index is 564. The summed E-state index contributed by atoms with van der Waals surface area (Å²) in [5, 5.41) is 11.8. The molecule has 0 unspecified atom stereocenters. The zero-order valence-electron chi connectivity index (χ0n) is 12.4. The fourth-order valence-electron chi connectivity index (χ4n) is 1.90. The first-order valence-corrected chi connectivity index (χ1v) is 6.59. The highest BCUT2D eigenvalue weighted by Crippen LogP contribution is 2.17. The molecule has 1 aromatic carbocycles. The smallest absolute Gasteiger partial charge is 0.102 e. The highest BCUT2D eigenvalue weighted by molar-refractivity contribution is 5.51. The van der Waals surface area contributed by atoms with E-state index in [0.717, 1.165) is 11.4 Å². The number of benzene rings is 1. The van der Waals surface area contributed by atoms with Crippen LogP contribution < -0.4 is 5.32 Å². The maximum absolute atomic E-state index is 4.20. The van der Waals surface area contributed by atoms with Gasteiger partial charge in [-0.2, -0.15) is 0 Å². The molecule has 0 fully saturated rings. The topological polar surface area (TPSA) is 42.7 Å². The van der Waals surface area contributed by atoms with Crippen molar-refractivity contribution in [2.75, 3.05) is 5.32 Å². The van der Waals surface area contributed by atoms with Crippen LogP contribution in [0.4, 0.5) is 5.69 Å². The molecule has 0 radical (unpaired) electrons. The van der Waals surface area contributed by atoms with Crippen molar-refractivity contribution in [3.05, 3.63) is 41.2 Å². The van der Waals surface area contributed by atoms with Gasteiger partial charge in [0.15, 0.2) is 0 Å². The molecule has 0 amide bonds. The molecular formula is C15H22N4. The predicted octanol–water partition coefficient (Wildman–Crippen LogP) is 3.26. The summed E-state index contributed by atoms with van der Waals surface area (Å²) in [7, 11) is 0. The lowest BCUT2D eigenvalue weighted by Gasteiger charge is -2.17. The van der Waals surface area contributed by atoms with Crippen LogP contribution in [0.3, 0.4) is 0 Å².